The van der Waals surface area contributed by atoms with Gasteiger partial charge in [-0.1, -0.05) is 17.7 Å². The summed E-state index contributed by atoms with van der Waals surface area (Å²) in [6.45, 7) is 2.36. The number of thiazole rings is 1. The molecule has 1 aliphatic heterocycles. The summed E-state index contributed by atoms with van der Waals surface area (Å²) in [5, 5.41) is 6.44. The highest BCUT2D eigenvalue weighted by atomic mass is 35.5. The molecule has 14 heavy (non-hydrogen) atoms. The maximum absolute atomic E-state index is 5.70. The van der Waals surface area contributed by atoms with E-state index < -0.39 is 0 Å². The number of nitrogens with one attached hydrogen (secondary N) is 1. The maximum atomic E-state index is 5.70. The molecule has 0 spiro atoms. The Morgan fingerprint density at radius 3 is 3.21 bits per heavy atom. The van der Waals surface area contributed by atoms with Gasteiger partial charge in [-0.25, -0.2) is 4.98 Å². The Labute approximate surface area is 91.8 Å². The molecule has 2 heterocycles. The van der Waals surface area contributed by atoms with Crippen molar-refractivity contribution in [1.82, 2.24) is 4.98 Å². The summed E-state index contributed by atoms with van der Waals surface area (Å²) < 4.78 is 5.32. The second-order valence-electron chi connectivity index (χ2n) is 3.03. The van der Waals surface area contributed by atoms with Gasteiger partial charge in [-0.3, -0.25) is 0 Å². The molecule has 0 saturated heterocycles. The van der Waals surface area contributed by atoms with Crippen molar-refractivity contribution in [2.45, 2.75) is 6.42 Å². The lowest BCUT2D eigenvalue weighted by Crippen LogP contribution is -2.13. The van der Waals surface area contributed by atoms with E-state index in [1.807, 2.05) is 5.38 Å². The van der Waals surface area contributed by atoms with Gasteiger partial charge in [0.05, 0.1) is 13.2 Å². The van der Waals surface area contributed by atoms with Gasteiger partial charge in [0, 0.05) is 11.9 Å². The van der Waals surface area contributed by atoms with Crippen LogP contribution in [-0.4, -0.2) is 24.7 Å². The van der Waals surface area contributed by atoms with E-state index in [1.165, 1.54) is 16.9 Å². The van der Waals surface area contributed by atoms with Crippen LogP contribution in [0, 0.1) is 0 Å². The molecule has 1 aliphatic rings. The van der Waals surface area contributed by atoms with Crippen molar-refractivity contribution in [2.75, 3.05) is 25.1 Å². The average Bonchev–Trinajstić information content (AvgIpc) is 2.63. The highest BCUT2D eigenvalue weighted by molar-refractivity contribution is 7.14. The third kappa shape index (κ3) is 2.70. The van der Waals surface area contributed by atoms with Crippen LogP contribution in [-0.2, 0) is 4.74 Å². The lowest BCUT2D eigenvalue weighted by molar-refractivity contribution is 0.150. The van der Waals surface area contributed by atoms with Crippen LogP contribution in [0.3, 0.4) is 0 Å². The number of hydrogen-bond donors (Lipinski definition) is 1. The SMILES string of the molecule is Clc1csc(NCC2=CCCOC2)n1. The number of rotatable bonds is 3. The van der Waals surface area contributed by atoms with E-state index in [2.05, 4.69) is 16.4 Å². The lowest BCUT2D eigenvalue weighted by Gasteiger charge is -2.13. The summed E-state index contributed by atoms with van der Waals surface area (Å²) in [5.41, 5.74) is 1.28. The van der Waals surface area contributed by atoms with E-state index in [9.17, 15) is 0 Å². The van der Waals surface area contributed by atoms with E-state index >= 15 is 0 Å². The molecule has 1 aromatic rings. The Bertz CT molecular complexity index is 337. The van der Waals surface area contributed by atoms with Crippen LogP contribution in [0.4, 0.5) is 5.13 Å². The zero-order valence-corrected chi connectivity index (χ0v) is 9.20. The van der Waals surface area contributed by atoms with Crippen molar-refractivity contribution >= 4 is 28.1 Å². The van der Waals surface area contributed by atoms with Gasteiger partial charge in [0.25, 0.3) is 0 Å². The Balaban J connectivity index is 1.84. The Morgan fingerprint density at radius 2 is 2.57 bits per heavy atom. The number of hydrogen-bond acceptors (Lipinski definition) is 4. The minimum Gasteiger partial charge on any atom is -0.377 e. The van der Waals surface area contributed by atoms with E-state index in [0.717, 1.165) is 31.3 Å². The first kappa shape index (κ1) is 9.96. The molecule has 0 unspecified atom stereocenters. The fourth-order valence-corrected chi connectivity index (χ4v) is 2.09. The summed E-state index contributed by atoms with van der Waals surface area (Å²) >= 11 is 7.22. The standard InChI is InChI=1S/C9H11ClN2OS/c10-8-6-14-9(12-8)11-4-7-2-1-3-13-5-7/h2,6H,1,3-5H2,(H,11,12). The highest BCUT2D eigenvalue weighted by Crippen LogP contribution is 2.19. The molecule has 0 amide bonds. The van der Waals surface area contributed by atoms with Crippen LogP contribution < -0.4 is 5.32 Å². The minimum atomic E-state index is 0.548. The predicted octanol–water partition coefficient (Wildman–Crippen LogP) is 2.56. The van der Waals surface area contributed by atoms with E-state index in [4.69, 9.17) is 16.3 Å². The van der Waals surface area contributed by atoms with E-state index in [1.54, 1.807) is 0 Å². The minimum absolute atomic E-state index is 0.548. The Kier molecular flexibility index (Phi) is 3.39. The highest BCUT2D eigenvalue weighted by Gasteiger charge is 2.04. The Morgan fingerprint density at radius 1 is 1.64 bits per heavy atom. The van der Waals surface area contributed by atoms with Gasteiger partial charge in [-0.15, -0.1) is 11.3 Å². The first-order chi connectivity index (χ1) is 6.84. The normalized spacial score (nSPS) is 16.5. The van der Waals surface area contributed by atoms with Crippen molar-refractivity contribution < 1.29 is 4.74 Å². The number of aromatic nitrogens is 1. The third-order valence-corrected chi connectivity index (χ3v) is 3.05. The van der Waals surface area contributed by atoms with Gasteiger partial charge in [0.15, 0.2) is 5.13 Å². The molecular weight excluding hydrogens is 220 g/mol. The molecule has 1 N–H and O–H groups in total. The molecule has 0 saturated carbocycles. The van der Waals surface area contributed by atoms with Crippen LogP contribution in [0.2, 0.25) is 5.15 Å². The topological polar surface area (TPSA) is 34.1 Å². The van der Waals surface area contributed by atoms with Crippen LogP contribution in [0.1, 0.15) is 6.42 Å². The number of nitrogens with zero attached hydrogens (tertiary/aromatic N) is 1. The van der Waals surface area contributed by atoms with E-state index in [-0.39, 0.29) is 0 Å². The molecular formula is C9H11ClN2OS. The fourth-order valence-electron chi connectivity index (χ4n) is 1.26. The van der Waals surface area contributed by atoms with Crippen molar-refractivity contribution in [2.24, 2.45) is 0 Å². The lowest BCUT2D eigenvalue weighted by atomic mass is 10.2. The molecule has 0 fully saturated rings. The Hall–Kier alpha value is -0.580. The molecule has 0 bridgehead atoms. The van der Waals surface area contributed by atoms with Crippen LogP contribution in [0.15, 0.2) is 17.0 Å². The molecule has 0 atom stereocenters. The third-order valence-electron chi connectivity index (χ3n) is 1.93. The van der Waals surface area contributed by atoms with Crippen LogP contribution in [0.5, 0.6) is 0 Å². The molecule has 5 heteroatoms. The number of halogens is 1. The van der Waals surface area contributed by atoms with Crippen molar-refractivity contribution in [3.8, 4) is 0 Å². The van der Waals surface area contributed by atoms with Gasteiger partial charge in [0.2, 0.25) is 0 Å². The van der Waals surface area contributed by atoms with Gasteiger partial charge in [-0.2, -0.15) is 0 Å². The summed E-state index contributed by atoms with van der Waals surface area (Å²) in [4.78, 5) is 4.10. The van der Waals surface area contributed by atoms with Gasteiger partial charge in [-0.05, 0) is 12.0 Å². The zero-order valence-electron chi connectivity index (χ0n) is 7.62. The second kappa shape index (κ2) is 4.77. The summed E-state index contributed by atoms with van der Waals surface area (Å²) in [6, 6.07) is 0. The van der Waals surface area contributed by atoms with Crippen LogP contribution in [0.25, 0.3) is 0 Å². The van der Waals surface area contributed by atoms with Crippen LogP contribution >= 0.6 is 22.9 Å². The zero-order chi connectivity index (χ0) is 9.80. The first-order valence-corrected chi connectivity index (χ1v) is 5.71. The number of ether oxygens (including phenoxy) is 1. The largest absolute Gasteiger partial charge is 0.377 e. The molecule has 0 aliphatic carbocycles. The van der Waals surface area contributed by atoms with Crippen molar-refractivity contribution in [3.63, 3.8) is 0 Å². The molecule has 3 nitrogen and oxygen atoms in total. The second-order valence-corrected chi connectivity index (χ2v) is 4.28. The molecule has 1 aromatic heterocycles. The number of anilines is 1. The van der Waals surface area contributed by atoms with E-state index in [0.29, 0.717) is 5.15 Å². The quantitative estimate of drug-likeness (QED) is 0.811. The summed E-state index contributed by atoms with van der Waals surface area (Å²) in [5.74, 6) is 0. The maximum Gasteiger partial charge on any atom is 0.184 e. The first-order valence-electron chi connectivity index (χ1n) is 4.45. The average molecular weight is 231 g/mol. The molecule has 0 radical (unpaired) electrons. The van der Waals surface area contributed by atoms with Gasteiger partial charge >= 0.3 is 0 Å². The summed E-state index contributed by atoms with van der Waals surface area (Å²) in [7, 11) is 0. The van der Waals surface area contributed by atoms with Crippen molar-refractivity contribution in [1.29, 1.82) is 0 Å². The monoisotopic (exact) mass is 230 g/mol. The molecule has 76 valence electrons. The molecule has 2 rings (SSSR count). The van der Waals surface area contributed by atoms with Gasteiger partial charge < -0.3 is 10.1 Å². The van der Waals surface area contributed by atoms with Gasteiger partial charge in [0.1, 0.15) is 5.15 Å². The molecule has 0 aromatic carbocycles. The summed E-state index contributed by atoms with van der Waals surface area (Å²) in [6.07, 6.45) is 3.22. The smallest absolute Gasteiger partial charge is 0.184 e. The van der Waals surface area contributed by atoms with Crippen molar-refractivity contribution in [3.05, 3.63) is 22.2 Å². The predicted molar refractivity (Wildman–Crippen MR) is 59.1 cm³/mol. The fraction of sp³-hybridized carbons (Fsp3) is 0.444.